The van der Waals surface area contributed by atoms with Gasteiger partial charge in [-0.05, 0) is 72.3 Å². The standard InChI is InChI=1S/C25H25N3O4S/c1-17-6-7-20-13-21(25(29)27-24(20)18(17)2)16-28(15-19-5-4-12-26-14-19)33(30,31)23-10-8-22(32-3)9-11-23/h4-14H,15-16H2,1-3H3,(H,27,29). The number of pyridine rings is 2. The van der Waals surface area contributed by atoms with Crippen molar-refractivity contribution in [3.63, 3.8) is 0 Å². The van der Waals surface area contributed by atoms with Gasteiger partial charge in [0.25, 0.3) is 5.56 Å². The summed E-state index contributed by atoms with van der Waals surface area (Å²) in [7, 11) is -2.39. The Morgan fingerprint density at radius 2 is 1.79 bits per heavy atom. The van der Waals surface area contributed by atoms with E-state index in [0.717, 1.165) is 27.6 Å². The van der Waals surface area contributed by atoms with Crippen LogP contribution in [0.15, 0.2) is 76.7 Å². The summed E-state index contributed by atoms with van der Waals surface area (Å²) in [6.45, 7) is 3.93. The van der Waals surface area contributed by atoms with Crippen LogP contribution in [0.5, 0.6) is 5.75 Å². The zero-order valence-corrected chi connectivity index (χ0v) is 19.5. The molecule has 0 unspecified atom stereocenters. The number of rotatable bonds is 7. The Labute approximate surface area is 192 Å². The molecule has 4 rings (SSSR count). The van der Waals surface area contributed by atoms with Crippen LogP contribution in [0.2, 0.25) is 0 Å². The number of H-pyrrole nitrogens is 1. The van der Waals surface area contributed by atoms with E-state index < -0.39 is 10.0 Å². The Bertz CT molecular complexity index is 1450. The van der Waals surface area contributed by atoms with E-state index in [1.54, 1.807) is 42.7 Å². The Morgan fingerprint density at radius 3 is 2.45 bits per heavy atom. The van der Waals surface area contributed by atoms with Crippen molar-refractivity contribution in [2.75, 3.05) is 7.11 Å². The van der Waals surface area contributed by atoms with E-state index in [9.17, 15) is 13.2 Å². The number of ether oxygens (including phenoxy) is 1. The SMILES string of the molecule is COc1ccc(S(=O)(=O)N(Cc2cccnc2)Cc2cc3ccc(C)c(C)c3[nH]c2=O)cc1. The molecular formula is C25H25N3O4S. The van der Waals surface area contributed by atoms with Gasteiger partial charge in [-0.15, -0.1) is 0 Å². The van der Waals surface area contributed by atoms with E-state index >= 15 is 0 Å². The molecule has 0 fully saturated rings. The second-order valence-corrected chi connectivity index (χ2v) is 9.84. The molecule has 0 aliphatic rings. The molecular weight excluding hydrogens is 438 g/mol. The molecule has 4 aromatic rings. The number of aromatic nitrogens is 2. The maximum absolute atomic E-state index is 13.6. The van der Waals surface area contributed by atoms with Crippen LogP contribution in [0.4, 0.5) is 0 Å². The maximum atomic E-state index is 13.6. The molecule has 1 N–H and O–H groups in total. The highest BCUT2D eigenvalue weighted by molar-refractivity contribution is 7.89. The number of fused-ring (bicyclic) bond motifs is 1. The first-order valence-corrected chi connectivity index (χ1v) is 11.9. The Hall–Kier alpha value is -3.49. The van der Waals surface area contributed by atoms with Crippen LogP contribution in [-0.4, -0.2) is 29.8 Å². The summed E-state index contributed by atoms with van der Waals surface area (Å²) in [5, 5.41) is 0.857. The highest BCUT2D eigenvalue weighted by Gasteiger charge is 2.26. The number of hydrogen-bond donors (Lipinski definition) is 1. The molecule has 0 aliphatic carbocycles. The second-order valence-electron chi connectivity index (χ2n) is 7.91. The topological polar surface area (TPSA) is 92.4 Å². The zero-order valence-electron chi connectivity index (χ0n) is 18.7. The van der Waals surface area contributed by atoms with Crippen molar-refractivity contribution >= 4 is 20.9 Å². The number of aromatic amines is 1. The molecule has 0 aliphatic heterocycles. The summed E-state index contributed by atoms with van der Waals surface area (Å²) in [6, 6.07) is 15.4. The summed E-state index contributed by atoms with van der Waals surface area (Å²) in [4.78, 5) is 20.1. The zero-order chi connectivity index (χ0) is 23.6. The Morgan fingerprint density at radius 1 is 1.03 bits per heavy atom. The van der Waals surface area contributed by atoms with Crippen molar-refractivity contribution in [3.05, 3.63) is 99.6 Å². The van der Waals surface area contributed by atoms with Crippen LogP contribution in [0.3, 0.4) is 0 Å². The van der Waals surface area contributed by atoms with Crippen LogP contribution >= 0.6 is 0 Å². The lowest BCUT2D eigenvalue weighted by Gasteiger charge is -2.22. The highest BCUT2D eigenvalue weighted by Crippen LogP contribution is 2.24. The normalized spacial score (nSPS) is 11.8. The average molecular weight is 464 g/mol. The Kier molecular flexibility index (Phi) is 6.31. The minimum absolute atomic E-state index is 0.0760. The lowest BCUT2D eigenvalue weighted by molar-refractivity contribution is 0.398. The van der Waals surface area contributed by atoms with E-state index in [2.05, 4.69) is 9.97 Å². The molecule has 0 atom stereocenters. The Balaban J connectivity index is 1.77. The first-order valence-electron chi connectivity index (χ1n) is 10.4. The van der Waals surface area contributed by atoms with Gasteiger partial charge in [0.15, 0.2) is 0 Å². The summed E-state index contributed by atoms with van der Waals surface area (Å²) in [5.41, 5.74) is 3.61. The quantitative estimate of drug-likeness (QED) is 0.448. The van der Waals surface area contributed by atoms with Crippen LogP contribution in [-0.2, 0) is 23.1 Å². The number of nitrogens with zero attached hydrogens (tertiary/aromatic N) is 2. The number of methoxy groups -OCH3 is 1. The molecule has 8 heteroatoms. The molecule has 0 spiro atoms. The minimum atomic E-state index is -3.91. The van der Waals surface area contributed by atoms with Gasteiger partial charge < -0.3 is 9.72 Å². The van der Waals surface area contributed by atoms with E-state index in [0.29, 0.717) is 11.3 Å². The summed E-state index contributed by atoms with van der Waals surface area (Å²) in [6.07, 6.45) is 3.25. The van der Waals surface area contributed by atoms with Crippen LogP contribution in [0, 0.1) is 13.8 Å². The number of hydrogen-bond acceptors (Lipinski definition) is 5. The molecule has 33 heavy (non-hydrogen) atoms. The van der Waals surface area contributed by atoms with Gasteiger partial charge in [-0.3, -0.25) is 9.78 Å². The van der Waals surface area contributed by atoms with Crippen molar-refractivity contribution < 1.29 is 13.2 Å². The van der Waals surface area contributed by atoms with Crippen molar-refractivity contribution in [2.24, 2.45) is 0 Å². The highest BCUT2D eigenvalue weighted by atomic mass is 32.2. The largest absolute Gasteiger partial charge is 0.497 e. The average Bonchev–Trinajstić information content (AvgIpc) is 2.82. The van der Waals surface area contributed by atoms with Crippen LogP contribution < -0.4 is 10.3 Å². The molecule has 0 amide bonds. The molecule has 0 saturated heterocycles. The molecule has 170 valence electrons. The third kappa shape index (κ3) is 4.67. The first-order chi connectivity index (χ1) is 15.8. The van der Waals surface area contributed by atoms with Gasteiger partial charge in [-0.25, -0.2) is 8.42 Å². The molecule has 2 aromatic carbocycles. The molecule has 0 bridgehead atoms. The number of nitrogens with one attached hydrogen (secondary N) is 1. The molecule has 0 radical (unpaired) electrons. The molecule has 2 aromatic heterocycles. The van der Waals surface area contributed by atoms with E-state index in [1.807, 2.05) is 26.0 Å². The third-order valence-corrected chi connectivity index (χ3v) is 7.56. The smallest absolute Gasteiger partial charge is 0.252 e. The van der Waals surface area contributed by atoms with Crippen molar-refractivity contribution in [1.82, 2.24) is 14.3 Å². The van der Waals surface area contributed by atoms with Crippen LogP contribution in [0.25, 0.3) is 10.9 Å². The van der Waals surface area contributed by atoms with E-state index in [4.69, 9.17) is 4.74 Å². The van der Waals surface area contributed by atoms with Crippen molar-refractivity contribution in [2.45, 2.75) is 31.8 Å². The molecule has 0 saturated carbocycles. The van der Waals surface area contributed by atoms with Gasteiger partial charge in [-0.1, -0.05) is 18.2 Å². The fraction of sp³-hybridized carbons (Fsp3) is 0.200. The monoisotopic (exact) mass is 463 g/mol. The summed E-state index contributed by atoms with van der Waals surface area (Å²) in [5.74, 6) is 0.560. The number of benzene rings is 2. The van der Waals surface area contributed by atoms with Gasteiger partial charge in [-0.2, -0.15) is 4.31 Å². The summed E-state index contributed by atoms with van der Waals surface area (Å²) < 4.78 is 33.6. The van der Waals surface area contributed by atoms with E-state index in [1.165, 1.54) is 23.5 Å². The summed E-state index contributed by atoms with van der Waals surface area (Å²) >= 11 is 0. The fourth-order valence-corrected chi connectivity index (χ4v) is 5.10. The lowest BCUT2D eigenvalue weighted by Crippen LogP contribution is -2.32. The van der Waals surface area contributed by atoms with Gasteiger partial charge in [0, 0.05) is 31.0 Å². The number of aryl methyl sites for hydroxylation is 2. The van der Waals surface area contributed by atoms with Gasteiger partial charge >= 0.3 is 0 Å². The third-order valence-electron chi connectivity index (χ3n) is 5.75. The second kappa shape index (κ2) is 9.17. The first kappa shape index (κ1) is 22.7. The van der Waals surface area contributed by atoms with Gasteiger partial charge in [0.05, 0.1) is 17.5 Å². The predicted molar refractivity (Wildman–Crippen MR) is 128 cm³/mol. The molecule has 2 heterocycles. The van der Waals surface area contributed by atoms with Crippen molar-refractivity contribution in [3.8, 4) is 5.75 Å². The van der Waals surface area contributed by atoms with Gasteiger partial charge in [0.1, 0.15) is 5.75 Å². The van der Waals surface area contributed by atoms with Gasteiger partial charge in [0.2, 0.25) is 10.0 Å². The minimum Gasteiger partial charge on any atom is -0.497 e. The van der Waals surface area contributed by atoms with E-state index in [-0.39, 0.29) is 23.5 Å². The number of sulfonamides is 1. The maximum Gasteiger partial charge on any atom is 0.252 e. The molecule has 7 nitrogen and oxygen atoms in total. The lowest BCUT2D eigenvalue weighted by atomic mass is 10.0. The predicted octanol–water partition coefficient (Wildman–Crippen LogP) is 3.94. The van der Waals surface area contributed by atoms with Crippen LogP contribution in [0.1, 0.15) is 22.3 Å². The fourth-order valence-electron chi connectivity index (χ4n) is 3.70. The van der Waals surface area contributed by atoms with Crippen molar-refractivity contribution in [1.29, 1.82) is 0 Å².